The fourth-order valence-corrected chi connectivity index (χ4v) is 3.33. The number of benzene rings is 2. The van der Waals surface area contributed by atoms with Crippen molar-refractivity contribution < 1.29 is 0 Å². The van der Waals surface area contributed by atoms with Crippen LogP contribution in [0.2, 0.25) is 0 Å². The Bertz CT molecular complexity index is 631. The van der Waals surface area contributed by atoms with Crippen LogP contribution in [0.4, 0.5) is 5.69 Å². The van der Waals surface area contributed by atoms with Gasteiger partial charge in [0.05, 0.1) is 0 Å². The number of anilines is 1. The van der Waals surface area contributed by atoms with Crippen LogP contribution in [0.25, 0.3) is 0 Å². The lowest BCUT2D eigenvalue weighted by Crippen LogP contribution is -2.48. The van der Waals surface area contributed by atoms with Crippen LogP contribution >= 0.6 is 0 Å². The van der Waals surface area contributed by atoms with Gasteiger partial charge in [0.2, 0.25) is 0 Å². The first kappa shape index (κ1) is 16.0. The molecule has 2 N–H and O–H groups in total. The maximum atomic E-state index is 6.36. The van der Waals surface area contributed by atoms with E-state index >= 15 is 0 Å². The average molecular weight is 309 g/mol. The molecule has 0 saturated carbocycles. The van der Waals surface area contributed by atoms with Gasteiger partial charge >= 0.3 is 0 Å². The van der Waals surface area contributed by atoms with Crippen LogP contribution in [0.15, 0.2) is 48.5 Å². The van der Waals surface area contributed by atoms with E-state index in [2.05, 4.69) is 66.1 Å². The summed E-state index contributed by atoms with van der Waals surface area (Å²) >= 11 is 0. The molecule has 1 aliphatic heterocycles. The number of aryl methyl sites for hydroxylation is 1. The topological polar surface area (TPSA) is 32.5 Å². The first-order valence-corrected chi connectivity index (χ1v) is 8.49. The lowest BCUT2D eigenvalue weighted by molar-refractivity contribution is 0.243. The summed E-state index contributed by atoms with van der Waals surface area (Å²) in [5.74, 6) is 0. The lowest BCUT2D eigenvalue weighted by atomic mass is 10.1. The van der Waals surface area contributed by atoms with E-state index in [4.69, 9.17) is 5.73 Å². The van der Waals surface area contributed by atoms with Crippen molar-refractivity contribution in [1.82, 2.24) is 4.90 Å². The largest absolute Gasteiger partial charge is 0.369 e. The normalized spacial score (nSPS) is 17.3. The molecule has 3 heteroatoms. The second kappa shape index (κ2) is 7.16. The van der Waals surface area contributed by atoms with E-state index < -0.39 is 0 Å². The lowest BCUT2D eigenvalue weighted by Gasteiger charge is -2.38. The third-order valence-corrected chi connectivity index (χ3v) is 4.97. The predicted molar refractivity (Wildman–Crippen MR) is 97.9 cm³/mol. The summed E-state index contributed by atoms with van der Waals surface area (Å²) in [6.45, 7) is 9.65. The van der Waals surface area contributed by atoms with Gasteiger partial charge in [-0.3, -0.25) is 4.90 Å². The van der Waals surface area contributed by atoms with Crippen molar-refractivity contribution in [3.63, 3.8) is 0 Å². The highest BCUT2D eigenvalue weighted by molar-refractivity contribution is 5.56. The predicted octanol–water partition coefficient (Wildman–Crippen LogP) is 3.13. The molecule has 3 nitrogen and oxygen atoms in total. The van der Waals surface area contributed by atoms with E-state index in [1.807, 2.05) is 6.07 Å². The van der Waals surface area contributed by atoms with Crippen molar-refractivity contribution in [2.75, 3.05) is 37.6 Å². The van der Waals surface area contributed by atoms with Crippen LogP contribution in [0.5, 0.6) is 0 Å². The second-order valence-corrected chi connectivity index (χ2v) is 6.52. The number of rotatable bonds is 4. The van der Waals surface area contributed by atoms with Gasteiger partial charge in [-0.1, -0.05) is 42.5 Å². The van der Waals surface area contributed by atoms with E-state index in [0.717, 1.165) is 32.7 Å². The van der Waals surface area contributed by atoms with Crippen molar-refractivity contribution in [1.29, 1.82) is 0 Å². The Kier molecular flexibility index (Phi) is 4.99. The van der Waals surface area contributed by atoms with E-state index in [-0.39, 0.29) is 6.04 Å². The van der Waals surface area contributed by atoms with Crippen LogP contribution in [-0.4, -0.2) is 37.6 Å². The molecule has 0 radical (unpaired) electrons. The highest BCUT2D eigenvalue weighted by atomic mass is 15.3. The molecule has 0 spiro atoms. The summed E-state index contributed by atoms with van der Waals surface area (Å²) in [6, 6.07) is 17.1. The van der Waals surface area contributed by atoms with Gasteiger partial charge in [-0.25, -0.2) is 0 Å². The Morgan fingerprint density at radius 2 is 1.61 bits per heavy atom. The van der Waals surface area contributed by atoms with Gasteiger partial charge in [0.25, 0.3) is 0 Å². The number of nitrogens with zero attached hydrogens (tertiary/aromatic N) is 2. The van der Waals surface area contributed by atoms with Crippen molar-refractivity contribution in [2.45, 2.75) is 19.9 Å². The standard InChI is InChI=1S/C20H27N3/c1-16-7-6-10-20(17(16)2)23-13-11-22(12-14-23)15-19(21)18-8-4-3-5-9-18/h3-10,19H,11-15,21H2,1-2H3/t19-/m1/s1. The zero-order chi connectivity index (χ0) is 16.2. The molecule has 23 heavy (non-hydrogen) atoms. The summed E-state index contributed by atoms with van der Waals surface area (Å²) in [5, 5.41) is 0. The number of hydrogen-bond donors (Lipinski definition) is 1. The molecule has 0 bridgehead atoms. The Labute approximate surface area is 139 Å². The fourth-order valence-electron chi connectivity index (χ4n) is 3.33. The van der Waals surface area contributed by atoms with Gasteiger partial charge in [-0.2, -0.15) is 0 Å². The molecular formula is C20H27N3. The van der Waals surface area contributed by atoms with Crippen molar-refractivity contribution >= 4 is 5.69 Å². The molecular weight excluding hydrogens is 282 g/mol. The molecule has 1 fully saturated rings. The fraction of sp³-hybridized carbons (Fsp3) is 0.400. The molecule has 1 atom stereocenters. The number of piperazine rings is 1. The minimum Gasteiger partial charge on any atom is -0.369 e. The molecule has 1 aliphatic rings. The quantitative estimate of drug-likeness (QED) is 0.942. The molecule has 0 aromatic heterocycles. The van der Waals surface area contributed by atoms with Gasteiger partial charge in [0.15, 0.2) is 0 Å². The molecule has 1 heterocycles. The summed E-state index contributed by atoms with van der Waals surface area (Å²) in [7, 11) is 0. The van der Waals surface area contributed by atoms with Gasteiger partial charge < -0.3 is 10.6 Å². The van der Waals surface area contributed by atoms with Crippen LogP contribution in [0.1, 0.15) is 22.7 Å². The van der Waals surface area contributed by atoms with Crippen LogP contribution in [0.3, 0.4) is 0 Å². The number of nitrogens with two attached hydrogens (primary N) is 1. The highest BCUT2D eigenvalue weighted by Crippen LogP contribution is 2.24. The summed E-state index contributed by atoms with van der Waals surface area (Å²) in [4.78, 5) is 4.99. The van der Waals surface area contributed by atoms with Crippen LogP contribution in [0, 0.1) is 13.8 Å². The Morgan fingerprint density at radius 3 is 2.30 bits per heavy atom. The Balaban J connectivity index is 1.57. The SMILES string of the molecule is Cc1cccc(N2CCN(C[C@@H](N)c3ccccc3)CC2)c1C. The third kappa shape index (κ3) is 3.74. The van der Waals surface area contributed by atoms with Gasteiger partial charge in [0, 0.05) is 44.5 Å². The van der Waals surface area contributed by atoms with Gasteiger partial charge in [-0.15, -0.1) is 0 Å². The van der Waals surface area contributed by atoms with Crippen LogP contribution in [-0.2, 0) is 0 Å². The van der Waals surface area contributed by atoms with E-state index in [0.29, 0.717) is 0 Å². The minimum absolute atomic E-state index is 0.100. The molecule has 0 aliphatic carbocycles. The average Bonchev–Trinajstić information content (AvgIpc) is 2.59. The van der Waals surface area contributed by atoms with E-state index in [1.165, 1.54) is 22.4 Å². The molecule has 3 rings (SSSR count). The zero-order valence-electron chi connectivity index (χ0n) is 14.2. The number of hydrogen-bond acceptors (Lipinski definition) is 3. The van der Waals surface area contributed by atoms with E-state index in [1.54, 1.807) is 0 Å². The van der Waals surface area contributed by atoms with Crippen molar-refractivity contribution in [3.8, 4) is 0 Å². The van der Waals surface area contributed by atoms with Crippen molar-refractivity contribution in [3.05, 3.63) is 65.2 Å². The minimum atomic E-state index is 0.100. The molecule has 1 saturated heterocycles. The molecule has 0 unspecified atom stereocenters. The Morgan fingerprint density at radius 1 is 0.913 bits per heavy atom. The smallest absolute Gasteiger partial charge is 0.0424 e. The summed E-state index contributed by atoms with van der Waals surface area (Å²) in [6.07, 6.45) is 0. The first-order chi connectivity index (χ1) is 11.1. The van der Waals surface area contributed by atoms with Gasteiger partial charge in [0.1, 0.15) is 0 Å². The first-order valence-electron chi connectivity index (χ1n) is 8.49. The van der Waals surface area contributed by atoms with Gasteiger partial charge in [-0.05, 0) is 36.6 Å². The maximum absolute atomic E-state index is 6.36. The molecule has 122 valence electrons. The van der Waals surface area contributed by atoms with E-state index in [9.17, 15) is 0 Å². The summed E-state index contributed by atoms with van der Waals surface area (Å²) < 4.78 is 0. The maximum Gasteiger partial charge on any atom is 0.0424 e. The zero-order valence-corrected chi connectivity index (χ0v) is 14.2. The summed E-state index contributed by atoms with van der Waals surface area (Å²) in [5.41, 5.74) is 11.7. The molecule has 2 aromatic rings. The van der Waals surface area contributed by atoms with Crippen molar-refractivity contribution in [2.24, 2.45) is 5.73 Å². The monoisotopic (exact) mass is 309 g/mol. The Hall–Kier alpha value is -1.84. The third-order valence-electron chi connectivity index (χ3n) is 4.97. The molecule has 0 amide bonds. The van der Waals surface area contributed by atoms with Crippen LogP contribution < -0.4 is 10.6 Å². The molecule has 2 aromatic carbocycles. The second-order valence-electron chi connectivity index (χ2n) is 6.52. The highest BCUT2D eigenvalue weighted by Gasteiger charge is 2.20.